The van der Waals surface area contributed by atoms with Crippen LogP contribution >= 0.6 is 11.6 Å². The third-order valence-electron chi connectivity index (χ3n) is 3.60. The van der Waals surface area contributed by atoms with Crippen molar-refractivity contribution in [1.29, 1.82) is 0 Å². The lowest BCUT2D eigenvalue weighted by molar-refractivity contribution is -0.119. The van der Waals surface area contributed by atoms with E-state index in [1.807, 2.05) is 0 Å². The van der Waals surface area contributed by atoms with Gasteiger partial charge in [0, 0.05) is 5.69 Å². The van der Waals surface area contributed by atoms with Crippen LogP contribution in [0.25, 0.3) is 0 Å². The van der Waals surface area contributed by atoms with Crippen molar-refractivity contribution in [3.8, 4) is 0 Å². The number of aromatic amines is 1. The maximum Gasteiger partial charge on any atom is 0.355 e. The van der Waals surface area contributed by atoms with Crippen LogP contribution in [0, 0.1) is 13.8 Å². The zero-order valence-corrected chi connectivity index (χ0v) is 15.4. The number of anilines is 1. The zero-order valence-electron chi connectivity index (χ0n) is 14.6. The summed E-state index contributed by atoms with van der Waals surface area (Å²) in [5.74, 6) is -1.79. The molecule has 1 amide bonds. The van der Waals surface area contributed by atoms with Gasteiger partial charge in [-0.3, -0.25) is 4.79 Å². The van der Waals surface area contributed by atoms with Crippen molar-refractivity contribution in [2.75, 3.05) is 18.5 Å². The molecule has 0 unspecified atom stereocenters. The van der Waals surface area contributed by atoms with Crippen LogP contribution < -0.4 is 5.32 Å². The number of para-hydroxylation sites is 1. The van der Waals surface area contributed by atoms with E-state index in [1.54, 1.807) is 45.0 Å². The standard InChI is InChI=1S/C18H19ClN2O5/c1-4-25-17(23)15-10(2)16(20-11(15)3)18(24)26-9-14(22)21-13-8-6-5-7-12(13)19/h5-8,20H,4,9H2,1-3H3,(H,21,22). The second-order valence-electron chi connectivity index (χ2n) is 5.45. The van der Waals surface area contributed by atoms with Gasteiger partial charge in [-0.1, -0.05) is 23.7 Å². The fourth-order valence-corrected chi connectivity index (χ4v) is 2.60. The third kappa shape index (κ3) is 4.43. The Bertz CT molecular complexity index is 844. The average molecular weight is 379 g/mol. The molecular weight excluding hydrogens is 360 g/mol. The maximum atomic E-state index is 12.2. The molecule has 2 N–H and O–H groups in total. The number of carbonyl (C=O) groups excluding carboxylic acids is 3. The Labute approximate surface area is 155 Å². The van der Waals surface area contributed by atoms with Crippen molar-refractivity contribution in [2.24, 2.45) is 0 Å². The molecule has 0 fully saturated rings. The largest absolute Gasteiger partial charge is 0.462 e. The van der Waals surface area contributed by atoms with E-state index in [4.69, 9.17) is 21.1 Å². The minimum absolute atomic E-state index is 0.107. The van der Waals surface area contributed by atoms with Crippen LogP contribution in [-0.4, -0.2) is 36.0 Å². The summed E-state index contributed by atoms with van der Waals surface area (Å²) in [6.07, 6.45) is 0. The highest BCUT2D eigenvalue weighted by Gasteiger charge is 2.24. The second kappa shape index (κ2) is 8.53. The molecule has 1 aromatic heterocycles. The highest BCUT2D eigenvalue weighted by atomic mass is 35.5. The number of ether oxygens (including phenoxy) is 2. The molecule has 138 valence electrons. The van der Waals surface area contributed by atoms with E-state index in [2.05, 4.69) is 10.3 Å². The molecule has 0 bridgehead atoms. The van der Waals surface area contributed by atoms with Crippen LogP contribution in [0.3, 0.4) is 0 Å². The van der Waals surface area contributed by atoms with Gasteiger partial charge < -0.3 is 19.8 Å². The molecular formula is C18H19ClN2O5. The fourth-order valence-electron chi connectivity index (χ4n) is 2.42. The lowest BCUT2D eigenvalue weighted by Gasteiger charge is -2.08. The minimum atomic E-state index is -0.740. The molecule has 0 aliphatic carbocycles. The highest BCUT2D eigenvalue weighted by Crippen LogP contribution is 2.21. The fraction of sp³-hybridized carbons (Fsp3) is 0.278. The van der Waals surface area contributed by atoms with Crippen molar-refractivity contribution in [2.45, 2.75) is 20.8 Å². The summed E-state index contributed by atoms with van der Waals surface area (Å²) in [6.45, 7) is 4.69. The summed E-state index contributed by atoms with van der Waals surface area (Å²) < 4.78 is 9.98. The number of carbonyl (C=O) groups is 3. The molecule has 1 heterocycles. The van der Waals surface area contributed by atoms with Gasteiger partial charge in [0.25, 0.3) is 5.91 Å². The molecule has 2 aromatic rings. The second-order valence-corrected chi connectivity index (χ2v) is 5.86. The topological polar surface area (TPSA) is 97.5 Å². The van der Waals surface area contributed by atoms with Gasteiger partial charge in [-0.15, -0.1) is 0 Å². The predicted octanol–water partition coefficient (Wildman–Crippen LogP) is 3.26. The number of hydrogen-bond donors (Lipinski definition) is 2. The van der Waals surface area contributed by atoms with Crippen molar-refractivity contribution in [3.05, 3.63) is 51.8 Å². The number of benzene rings is 1. The smallest absolute Gasteiger partial charge is 0.355 e. The molecule has 7 nitrogen and oxygen atoms in total. The first-order valence-electron chi connectivity index (χ1n) is 7.92. The Kier molecular flexibility index (Phi) is 6.41. The van der Waals surface area contributed by atoms with E-state index in [0.29, 0.717) is 27.5 Å². The van der Waals surface area contributed by atoms with Gasteiger partial charge in [0.2, 0.25) is 0 Å². The molecule has 26 heavy (non-hydrogen) atoms. The Morgan fingerprint density at radius 1 is 1.12 bits per heavy atom. The highest BCUT2D eigenvalue weighted by molar-refractivity contribution is 6.33. The van der Waals surface area contributed by atoms with Crippen LogP contribution in [0.5, 0.6) is 0 Å². The van der Waals surface area contributed by atoms with Gasteiger partial charge >= 0.3 is 11.9 Å². The van der Waals surface area contributed by atoms with Gasteiger partial charge in [0.05, 0.1) is 22.9 Å². The Morgan fingerprint density at radius 3 is 2.46 bits per heavy atom. The van der Waals surface area contributed by atoms with Gasteiger partial charge in [0.15, 0.2) is 6.61 Å². The molecule has 0 spiro atoms. The molecule has 0 aliphatic heterocycles. The number of esters is 2. The van der Waals surface area contributed by atoms with Gasteiger partial charge in [-0.25, -0.2) is 9.59 Å². The Hall–Kier alpha value is -2.80. The molecule has 8 heteroatoms. The van der Waals surface area contributed by atoms with Crippen LogP contribution in [0.4, 0.5) is 5.69 Å². The van der Waals surface area contributed by atoms with E-state index >= 15 is 0 Å². The number of hydrogen-bond acceptors (Lipinski definition) is 5. The molecule has 0 saturated carbocycles. The number of halogens is 1. The minimum Gasteiger partial charge on any atom is -0.462 e. The number of nitrogens with one attached hydrogen (secondary N) is 2. The van der Waals surface area contributed by atoms with Crippen molar-refractivity contribution >= 4 is 35.1 Å². The Morgan fingerprint density at radius 2 is 1.81 bits per heavy atom. The van der Waals surface area contributed by atoms with Crippen LogP contribution in [-0.2, 0) is 14.3 Å². The number of H-pyrrole nitrogens is 1. The number of amides is 1. The molecule has 0 saturated heterocycles. The van der Waals surface area contributed by atoms with Crippen LogP contribution in [0.1, 0.15) is 39.0 Å². The molecule has 0 atom stereocenters. The number of rotatable bonds is 6. The van der Waals surface area contributed by atoms with Crippen LogP contribution in [0.2, 0.25) is 5.02 Å². The lowest BCUT2D eigenvalue weighted by atomic mass is 10.1. The summed E-state index contributed by atoms with van der Waals surface area (Å²) in [5.41, 5.74) is 1.73. The maximum absolute atomic E-state index is 12.2. The first-order chi connectivity index (χ1) is 12.3. The quantitative estimate of drug-likeness (QED) is 0.752. The summed E-state index contributed by atoms with van der Waals surface area (Å²) in [5, 5.41) is 2.93. The third-order valence-corrected chi connectivity index (χ3v) is 3.93. The normalized spacial score (nSPS) is 10.3. The monoisotopic (exact) mass is 378 g/mol. The van der Waals surface area contributed by atoms with Crippen LogP contribution in [0.15, 0.2) is 24.3 Å². The van der Waals surface area contributed by atoms with E-state index in [-0.39, 0.29) is 12.3 Å². The molecule has 0 aliphatic rings. The van der Waals surface area contributed by atoms with E-state index in [1.165, 1.54) is 0 Å². The van der Waals surface area contributed by atoms with Crippen molar-refractivity contribution < 1.29 is 23.9 Å². The molecule has 2 rings (SSSR count). The SMILES string of the molecule is CCOC(=O)c1c(C)[nH]c(C(=O)OCC(=O)Nc2ccccc2Cl)c1C. The summed E-state index contributed by atoms with van der Waals surface area (Å²) in [4.78, 5) is 38.9. The summed E-state index contributed by atoms with van der Waals surface area (Å²) in [7, 11) is 0. The van der Waals surface area contributed by atoms with E-state index < -0.39 is 24.5 Å². The number of aryl methyl sites for hydroxylation is 1. The lowest BCUT2D eigenvalue weighted by Crippen LogP contribution is -2.21. The van der Waals surface area contributed by atoms with Gasteiger partial charge in [-0.05, 0) is 38.5 Å². The summed E-state index contributed by atoms with van der Waals surface area (Å²) in [6, 6.07) is 6.71. The summed E-state index contributed by atoms with van der Waals surface area (Å²) >= 11 is 5.95. The van der Waals surface area contributed by atoms with Gasteiger partial charge in [0.1, 0.15) is 5.69 Å². The predicted molar refractivity (Wildman–Crippen MR) is 96.6 cm³/mol. The van der Waals surface area contributed by atoms with Crippen molar-refractivity contribution in [1.82, 2.24) is 4.98 Å². The number of aromatic nitrogens is 1. The van der Waals surface area contributed by atoms with Crippen molar-refractivity contribution in [3.63, 3.8) is 0 Å². The van der Waals surface area contributed by atoms with E-state index in [9.17, 15) is 14.4 Å². The Balaban J connectivity index is 2.02. The first-order valence-corrected chi connectivity index (χ1v) is 8.30. The molecule has 0 radical (unpaired) electrons. The first kappa shape index (κ1) is 19.5. The van der Waals surface area contributed by atoms with E-state index in [0.717, 1.165) is 0 Å². The average Bonchev–Trinajstić information content (AvgIpc) is 2.89. The zero-order chi connectivity index (χ0) is 19.3. The molecule has 1 aromatic carbocycles. The van der Waals surface area contributed by atoms with Gasteiger partial charge in [-0.2, -0.15) is 0 Å².